The molecular formula is C34H38F5N6O8+. The number of amides is 1. The summed E-state index contributed by atoms with van der Waals surface area (Å²) < 4.78 is 86.4. The molecule has 3 aromatic rings. The first-order valence-electron chi connectivity index (χ1n) is 16.1. The van der Waals surface area contributed by atoms with Crippen molar-refractivity contribution in [1.82, 2.24) is 9.88 Å². The topological polar surface area (TPSA) is 190 Å². The van der Waals surface area contributed by atoms with Crippen molar-refractivity contribution in [2.45, 2.75) is 45.1 Å². The van der Waals surface area contributed by atoms with E-state index in [1.807, 2.05) is 18.0 Å². The van der Waals surface area contributed by atoms with Gasteiger partial charge in [0.1, 0.15) is 29.6 Å². The maximum Gasteiger partial charge on any atom is 0.516 e. The number of nitrogens with one attached hydrogen (secondary N) is 1. The zero-order valence-electron chi connectivity index (χ0n) is 29.0. The number of benzene rings is 2. The van der Waals surface area contributed by atoms with Crippen LogP contribution in [0.4, 0.5) is 26.7 Å². The van der Waals surface area contributed by atoms with E-state index >= 15 is 8.78 Å². The smallest absolute Gasteiger partial charge is 0.504 e. The number of carbonyl (C=O) groups is 2. The number of carboxylic acids is 1. The number of phenolic OH excluding ortho intramolecular Hbond substituents is 1. The number of aromatic nitrogens is 1. The number of rotatable bonds is 9. The largest absolute Gasteiger partial charge is 0.516 e. The summed E-state index contributed by atoms with van der Waals surface area (Å²) >= 11 is 0. The van der Waals surface area contributed by atoms with E-state index in [1.165, 1.54) is 18.2 Å². The standard InChI is InChI=1S/C32H36F2N6O6.C2HF3O2/c1-18(2)43-32(42)40(4)14-10-21(11-15-40)44-27-25(33)30(45-22-7-5-6-20(16-22)29-37-12-13-39(29)3)38-31(26(27)34)46-24-17-19(28(35)36)8-9-23(24)41;3-2(4,5)1(6)7/h5-9,16-18,21H,10-15H2,1-4H3,(H3-,35,36,41);(H,6,7)/p+1. The van der Waals surface area contributed by atoms with E-state index in [2.05, 4.69) is 9.98 Å². The number of likely N-dealkylation sites (N-methyl/N-ethyl adjacent to an activating group) is 1. The Hall–Kier alpha value is -5.72. The van der Waals surface area contributed by atoms with Gasteiger partial charge in [0.15, 0.2) is 11.5 Å². The van der Waals surface area contributed by atoms with Crippen molar-refractivity contribution >= 4 is 23.7 Å². The highest BCUT2D eigenvalue weighted by molar-refractivity contribution is 6.00. The minimum Gasteiger partial charge on any atom is -0.504 e. The number of hydrogen-bond acceptors (Lipinski definition) is 11. The maximum atomic E-state index is 16.0. The zero-order valence-corrected chi connectivity index (χ0v) is 29.0. The van der Waals surface area contributed by atoms with E-state index in [1.54, 1.807) is 39.1 Å². The summed E-state index contributed by atoms with van der Waals surface area (Å²) in [5, 5.41) is 25.2. The lowest BCUT2D eigenvalue weighted by Gasteiger charge is -2.37. The van der Waals surface area contributed by atoms with Gasteiger partial charge in [-0.05, 0) is 44.2 Å². The van der Waals surface area contributed by atoms with Crippen LogP contribution in [0.15, 0.2) is 47.5 Å². The molecule has 1 saturated heterocycles. The molecule has 0 unspecified atom stereocenters. The van der Waals surface area contributed by atoms with Crippen molar-refractivity contribution in [3.05, 3.63) is 65.2 Å². The molecule has 1 aromatic heterocycles. The Bertz CT molecular complexity index is 1880. The van der Waals surface area contributed by atoms with Crippen LogP contribution in [0.2, 0.25) is 0 Å². The van der Waals surface area contributed by atoms with Crippen LogP contribution < -0.4 is 19.9 Å². The molecule has 2 aliphatic heterocycles. The molecule has 2 aromatic carbocycles. The molecular weight excluding hydrogens is 715 g/mol. The fourth-order valence-electron chi connectivity index (χ4n) is 5.15. The lowest BCUT2D eigenvalue weighted by molar-refractivity contribution is -0.844. The highest BCUT2D eigenvalue weighted by Gasteiger charge is 2.41. The number of ether oxygens (including phenoxy) is 4. The number of nitrogen functional groups attached to an aromatic ring is 1. The quantitative estimate of drug-likeness (QED) is 0.0896. The van der Waals surface area contributed by atoms with Crippen molar-refractivity contribution < 1.29 is 65.2 Å². The molecule has 1 fully saturated rings. The molecule has 0 spiro atoms. The van der Waals surface area contributed by atoms with Gasteiger partial charge in [0.2, 0.25) is 17.4 Å². The highest BCUT2D eigenvalue weighted by Crippen LogP contribution is 2.41. The molecule has 0 saturated carbocycles. The fraction of sp³-hybridized carbons (Fsp3) is 0.382. The molecule has 5 N–H and O–H groups in total. The van der Waals surface area contributed by atoms with Crippen LogP contribution in [0.5, 0.6) is 34.8 Å². The molecule has 53 heavy (non-hydrogen) atoms. The molecule has 0 atom stereocenters. The van der Waals surface area contributed by atoms with Gasteiger partial charge in [-0.3, -0.25) is 10.4 Å². The van der Waals surface area contributed by atoms with Crippen molar-refractivity contribution in [3.8, 4) is 34.8 Å². The van der Waals surface area contributed by atoms with Gasteiger partial charge in [-0.2, -0.15) is 31.7 Å². The Balaban J connectivity index is 0.000000815. The van der Waals surface area contributed by atoms with E-state index in [0.717, 1.165) is 17.9 Å². The molecule has 1 amide bonds. The third kappa shape index (κ3) is 10.00. The number of alkyl halides is 3. The van der Waals surface area contributed by atoms with E-state index < -0.39 is 53.1 Å². The predicted molar refractivity (Wildman–Crippen MR) is 179 cm³/mol. The number of aliphatic carboxylic acids is 1. The van der Waals surface area contributed by atoms with Crippen LogP contribution in [-0.4, -0.2) is 107 Å². The Morgan fingerprint density at radius 1 is 1.06 bits per heavy atom. The number of amidine groups is 2. The minimum absolute atomic E-state index is 0.00462. The number of piperidine rings is 1. The predicted octanol–water partition coefficient (Wildman–Crippen LogP) is 5.79. The van der Waals surface area contributed by atoms with Crippen LogP contribution in [0.25, 0.3) is 0 Å². The number of pyridine rings is 1. The first-order valence-corrected chi connectivity index (χ1v) is 16.1. The van der Waals surface area contributed by atoms with Crippen LogP contribution in [-0.2, 0) is 9.53 Å². The fourth-order valence-corrected chi connectivity index (χ4v) is 5.15. The number of nitrogens with zero attached hydrogens (tertiary/aromatic N) is 4. The summed E-state index contributed by atoms with van der Waals surface area (Å²) in [6.45, 7) is 5.58. The lowest BCUT2D eigenvalue weighted by atomic mass is 10.1. The summed E-state index contributed by atoms with van der Waals surface area (Å²) in [6, 6.07) is 10.6. The number of aliphatic imine (C=N–C) groups is 1. The summed E-state index contributed by atoms with van der Waals surface area (Å²) in [6.07, 6.45) is -5.80. The van der Waals surface area contributed by atoms with Gasteiger partial charge in [-0.15, -0.1) is 0 Å². The second-order valence-corrected chi connectivity index (χ2v) is 12.5. The van der Waals surface area contributed by atoms with Crippen molar-refractivity contribution in [1.29, 1.82) is 5.41 Å². The van der Waals surface area contributed by atoms with Crippen LogP contribution in [0, 0.1) is 17.0 Å². The average molecular weight is 754 g/mol. The number of carboxylic acid groups (broad SMARTS) is 1. The number of halogens is 5. The molecule has 2 aliphatic rings. The lowest BCUT2D eigenvalue weighted by Crippen LogP contribution is -2.56. The van der Waals surface area contributed by atoms with Crippen molar-refractivity contribution in [2.75, 3.05) is 40.3 Å². The first-order chi connectivity index (χ1) is 24.8. The SMILES string of the molecule is CC(C)OC(=O)[N+]1(C)CCC(Oc2c(F)c(Oc3cccc(C4=NCCN4C)c3)nc(Oc3cc(C(=N)N)ccc3O)c2F)CC1.O=C(O)C(F)(F)F. The van der Waals surface area contributed by atoms with Gasteiger partial charge in [0.05, 0.1) is 26.7 Å². The van der Waals surface area contributed by atoms with E-state index in [0.29, 0.717) is 32.5 Å². The third-order valence-corrected chi connectivity index (χ3v) is 8.01. The van der Waals surface area contributed by atoms with Gasteiger partial charge in [-0.25, -0.2) is 9.28 Å². The Morgan fingerprint density at radius 2 is 1.68 bits per heavy atom. The number of nitrogens with two attached hydrogens (primary N) is 1. The number of hydrogen-bond donors (Lipinski definition) is 4. The zero-order chi connectivity index (χ0) is 39.2. The van der Waals surface area contributed by atoms with Gasteiger partial charge < -0.3 is 39.8 Å². The molecule has 0 radical (unpaired) electrons. The molecule has 286 valence electrons. The highest BCUT2D eigenvalue weighted by atomic mass is 19.4. The maximum absolute atomic E-state index is 16.0. The molecule has 19 heteroatoms. The number of carbonyl (C=O) groups excluding carboxylic acids is 1. The summed E-state index contributed by atoms with van der Waals surface area (Å²) in [5.41, 5.74) is 6.49. The van der Waals surface area contributed by atoms with Crippen molar-refractivity contribution in [3.63, 3.8) is 0 Å². The molecule has 5 rings (SSSR count). The van der Waals surface area contributed by atoms with Gasteiger partial charge in [0, 0.05) is 37.6 Å². The van der Waals surface area contributed by atoms with Gasteiger partial charge in [0.25, 0.3) is 11.8 Å². The van der Waals surface area contributed by atoms with Crippen molar-refractivity contribution in [2.24, 2.45) is 10.7 Å². The number of aromatic hydroxyl groups is 1. The summed E-state index contributed by atoms with van der Waals surface area (Å²) in [5.74, 6) is -7.43. The second-order valence-electron chi connectivity index (χ2n) is 12.5. The Kier molecular flexibility index (Phi) is 12.3. The van der Waals surface area contributed by atoms with Crippen LogP contribution >= 0.6 is 0 Å². The minimum atomic E-state index is -5.08. The van der Waals surface area contributed by atoms with E-state index in [9.17, 15) is 23.1 Å². The monoisotopic (exact) mass is 753 g/mol. The number of likely N-dealkylation sites (tertiary alicyclic amines) is 1. The Morgan fingerprint density at radius 3 is 2.23 bits per heavy atom. The molecule has 14 nitrogen and oxygen atoms in total. The molecule has 0 bridgehead atoms. The number of phenols is 1. The van der Waals surface area contributed by atoms with Crippen LogP contribution in [0.1, 0.15) is 37.8 Å². The first kappa shape index (κ1) is 40.1. The Labute approximate surface area is 300 Å². The third-order valence-electron chi connectivity index (χ3n) is 8.01. The summed E-state index contributed by atoms with van der Waals surface area (Å²) in [4.78, 5) is 32.0. The molecule has 3 heterocycles. The number of quaternary nitrogens is 1. The van der Waals surface area contributed by atoms with E-state index in [-0.39, 0.29) is 39.6 Å². The average Bonchev–Trinajstić information content (AvgIpc) is 3.52. The van der Waals surface area contributed by atoms with E-state index in [4.69, 9.17) is 40.0 Å². The van der Waals surface area contributed by atoms with Crippen LogP contribution in [0.3, 0.4) is 0 Å². The van der Waals surface area contributed by atoms with Gasteiger partial charge in [-0.1, -0.05) is 12.1 Å². The normalized spacial score (nSPS) is 18.4. The summed E-state index contributed by atoms with van der Waals surface area (Å²) in [7, 11) is 3.65. The van der Waals surface area contributed by atoms with Gasteiger partial charge >= 0.3 is 18.2 Å². The molecule has 0 aliphatic carbocycles. The second kappa shape index (κ2) is 16.3.